The van der Waals surface area contributed by atoms with Crippen LogP contribution < -0.4 is 11.3 Å². The molecule has 1 unspecified atom stereocenters. The van der Waals surface area contributed by atoms with Gasteiger partial charge in [-0.25, -0.2) is 9.82 Å². The van der Waals surface area contributed by atoms with E-state index in [1.54, 1.807) is 18.2 Å². The van der Waals surface area contributed by atoms with Crippen molar-refractivity contribution in [2.75, 3.05) is 0 Å². The van der Waals surface area contributed by atoms with E-state index in [4.69, 9.17) is 5.84 Å². The Morgan fingerprint density at radius 1 is 1.18 bits per heavy atom. The van der Waals surface area contributed by atoms with Gasteiger partial charge in [-0.3, -0.25) is 5.84 Å². The number of hydrogen-bond donors (Lipinski definition) is 2. The minimum atomic E-state index is -0.367. The molecule has 0 spiro atoms. The van der Waals surface area contributed by atoms with E-state index in [2.05, 4.69) is 37.3 Å². The highest BCUT2D eigenvalue weighted by atomic mass is 79.9. The lowest BCUT2D eigenvalue weighted by molar-refractivity contribution is 0.556. The molecule has 3 N–H and O–H groups in total. The Bertz CT molecular complexity index is 530. The predicted octanol–water partition coefficient (Wildman–Crippen LogP) is 3.96. The average Bonchev–Trinajstić information content (AvgIpc) is 2.72. The van der Waals surface area contributed by atoms with E-state index in [9.17, 15) is 4.39 Å². The fourth-order valence-electron chi connectivity index (χ4n) is 1.59. The molecule has 6 heteroatoms. The van der Waals surface area contributed by atoms with E-state index in [0.29, 0.717) is 10.0 Å². The second-order valence-corrected chi connectivity index (χ2v) is 5.87. The molecule has 0 aliphatic heterocycles. The molecule has 90 valence electrons. The number of halogens is 3. The lowest BCUT2D eigenvalue weighted by atomic mass is 10.0. The molecule has 0 aliphatic carbocycles. The first-order chi connectivity index (χ1) is 8.15. The number of rotatable bonds is 3. The maximum absolute atomic E-state index is 14.0. The van der Waals surface area contributed by atoms with E-state index >= 15 is 0 Å². The van der Waals surface area contributed by atoms with Gasteiger partial charge in [0.05, 0.1) is 10.5 Å². The monoisotopic (exact) mass is 378 g/mol. The van der Waals surface area contributed by atoms with Crippen LogP contribution in [0.4, 0.5) is 4.39 Å². The molecule has 17 heavy (non-hydrogen) atoms. The summed E-state index contributed by atoms with van der Waals surface area (Å²) in [6.45, 7) is 0. The number of nitrogens with one attached hydrogen (secondary N) is 1. The number of hydrogen-bond acceptors (Lipinski definition) is 3. The Labute approximate surface area is 119 Å². The van der Waals surface area contributed by atoms with Gasteiger partial charge in [-0.2, -0.15) is 11.3 Å². The van der Waals surface area contributed by atoms with Gasteiger partial charge < -0.3 is 0 Å². The van der Waals surface area contributed by atoms with Crippen LogP contribution in [0.2, 0.25) is 0 Å². The van der Waals surface area contributed by atoms with Gasteiger partial charge in [-0.05, 0) is 48.9 Å². The quantitative estimate of drug-likeness (QED) is 0.625. The maximum atomic E-state index is 14.0. The average molecular weight is 380 g/mol. The summed E-state index contributed by atoms with van der Waals surface area (Å²) >= 11 is 8.14. The van der Waals surface area contributed by atoms with E-state index in [1.807, 2.05) is 10.8 Å². The summed E-state index contributed by atoms with van der Waals surface area (Å²) in [4.78, 5) is 0. The van der Waals surface area contributed by atoms with Crippen molar-refractivity contribution >= 4 is 43.2 Å². The first-order valence-corrected chi connectivity index (χ1v) is 7.29. The third-order valence-corrected chi connectivity index (χ3v) is 4.78. The molecule has 1 heterocycles. The molecule has 0 radical (unpaired) electrons. The Hall–Kier alpha value is -0.270. The topological polar surface area (TPSA) is 38.0 Å². The minimum Gasteiger partial charge on any atom is -0.271 e. The van der Waals surface area contributed by atoms with Crippen LogP contribution in [0.1, 0.15) is 17.2 Å². The van der Waals surface area contributed by atoms with Gasteiger partial charge in [0, 0.05) is 15.4 Å². The van der Waals surface area contributed by atoms with Crippen LogP contribution in [0, 0.1) is 5.82 Å². The molecule has 1 atom stereocenters. The fourth-order valence-corrected chi connectivity index (χ4v) is 3.52. The lowest BCUT2D eigenvalue weighted by Gasteiger charge is -2.17. The summed E-state index contributed by atoms with van der Waals surface area (Å²) in [7, 11) is 0. The molecule has 2 aromatic rings. The van der Waals surface area contributed by atoms with Crippen molar-refractivity contribution in [3.63, 3.8) is 0 Å². The zero-order chi connectivity index (χ0) is 12.4. The number of benzene rings is 1. The molecule has 2 nitrogen and oxygen atoms in total. The Kier molecular flexibility index (Phi) is 4.32. The van der Waals surface area contributed by atoms with Crippen LogP contribution in [-0.4, -0.2) is 0 Å². The molecule has 0 bridgehead atoms. The van der Waals surface area contributed by atoms with Gasteiger partial charge in [0.25, 0.3) is 0 Å². The molecule has 0 amide bonds. The van der Waals surface area contributed by atoms with E-state index in [0.717, 1.165) is 10.0 Å². The third kappa shape index (κ3) is 2.61. The van der Waals surface area contributed by atoms with Crippen molar-refractivity contribution in [2.45, 2.75) is 6.04 Å². The zero-order valence-corrected chi connectivity index (χ0v) is 12.6. The minimum absolute atomic E-state index is 0.298. The van der Waals surface area contributed by atoms with Crippen molar-refractivity contribution in [1.82, 2.24) is 5.43 Å². The van der Waals surface area contributed by atoms with Crippen LogP contribution in [-0.2, 0) is 0 Å². The lowest BCUT2D eigenvalue weighted by Crippen LogP contribution is -2.29. The largest absolute Gasteiger partial charge is 0.271 e. The normalized spacial score (nSPS) is 12.7. The second-order valence-electron chi connectivity index (χ2n) is 3.42. The fraction of sp³-hybridized carbons (Fsp3) is 0.0909. The summed E-state index contributed by atoms with van der Waals surface area (Å²) < 4.78 is 15.4. The van der Waals surface area contributed by atoms with Crippen molar-refractivity contribution < 1.29 is 4.39 Å². The highest BCUT2D eigenvalue weighted by molar-refractivity contribution is 9.10. The van der Waals surface area contributed by atoms with Crippen LogP contribution in [0.15, 0.2) is 37.9 Å². The summed E-state index contributed by atoms with van der Waals surface area (Å²) in [5.41, 5.74) is 4.09. The first-order valence-electron chi connectivity index (χ1n) is 4.76. The van der Waals surface area contributed by atoms with Crippen molar-refractivity contribution in [1.29, 1.82) is 0 Å². The summed E-state index contributed by atoms with van der Waals surface area (Å²) in [6, 6.07) is 4.80. The second kappa shape index (κ2) is 5.58. The molecule has 0 fully saturated rings. The molecule has 1 aromatic carbocycles. The Morgan fingerprint density at radius 2 is 1.94 bits per heavy atom. The number of hydrazine groups is 1. The number of thiophene rings is 1. The third-order valence-electron chi connectivity index (χ3n) is 2.41. The van der Waals surface area contributed by atoms with Gasteiger partial charge in [0.2, 0.25) is 0 Å². The number of nitrogens with two attached hydrogens (primary N) is 1. The van der Waals surface area contributed by atoms with Crippen molar-refractivity contribution in [3.8, 4) is 0 Å². The summed E-state index contributed by atoms with van der Waals surface area (Å²) in [5, 5.41) is 3.88. The van der Waals surface area contributed by atoms with E-state index in [1.165, 1.54) is 11.3 Å². The highest BCUT2D eigenvalue weighted by Gasteiger charge is 2.20. The van der Waals surface area contributed by atoms with Gasteiger partial charge in [0.1, 0.15) is 5.82 Å². The smallest absolute Gasteiger partial charge is 0.142 e. The SMILES string of the molecule is NNC(c1cscc1Br)c1cccc(Br)c1F. The zero-order valence-electron chi connectivity index (χ0n) is 8.58. The van der Waals surface area contributed by atoms with Crippen LogP contribution in [0.25, 0.3) is 0 Å². The Morgan fingerprint density at radius 3 is 2.53 bits per heavy atom. The summed E-state index contributed by atoms with van der Waals surface area (Å²) in [6.07, 6.45) is 0. The molecular formula is C11H9Br2FN2S. The van der Waals surface area contributed by atoms with E-state index in [-0.39, 0.29) is 11.9 Å². The van der Waals surface area contributed by atoms with Gasteiger partial charge in [0.15, 0.2) is 0 Å². The maximum Gasteiger partial charge on any atom is 0.142 e. The van der Waals surface area contributed by atoms with E-state index < -0.39 is 0 Å². The van der Waals surface area contributed by atoms with Gasteiger partial charge in [-0.1, -0.05) is 12.1 Å². The predicted molar refractivity (Wildman–Crippen MR) is 75.3 cm³/mol. The highest BCUT2D eigenvalue weighted by Crippen LogP contribution is 2.33. The standard InChI is InChI=1S/C11H9Br2FN2S/c12-8-3-1-2-6(10(8)14)11(16-15)7-4-17-5-9(7)13/h1-5,11,16H,15H2. The molecule has 2 rings (SSSR count). The van der Waals surface area contributed by atoms with Crippen molar-refractivity contribution in [3.05, 3.63) is 54.8 Å². The molecular weight excluding hydrogens is 371 g/mol. The molecule has 1 aromatic heterocycles. The molecule has 0 saturated carbocycles. The molecule has 0 aliphatic rings. The Balaban J connectivity index is 2.50. The van der Waals surface area contributed by atoms with Crippen LogP contribution >= 0.6 is 43.2 Å². The van der Waals surface area contributed by atoms with Crippen LogP contribution in [0.3, 0.4) is 0 Å². The summed E-state index contributed by atoms with van der Waals surface area (Å²) in [5.74, 6) is 5.24. The van der Waals surface area contributed by atoms with Crippen LogP contribution in [0.5, 0.6) is 0 Å². The van der Waals surface area contributed by atoms with Gasteiger partial charge in [-0.15, -0.1) is 0 Å². The molecule has 0 saturated heterocycles. The first kappa shape index (κ1) is 13.2. The van der Waals surface area contributed by atoms with Crippen molar-refractivity contribution in [2.24, 2.45) is 5.84 Å². The van der Waals surface area contributed by atoms with Gasteiger partial charge >= 0.3 is 0 Å².